The van der Waals surface area contributed by atoms with Gasteiger partial charge in [-0.05, 0) is 35.0 Å². The zero-order chi connectivity index (χ0) is 16.3. The number of anilines is 1. The Morgan fingerprint density at radius 2 is 2.14 bits per heavy atom. The molecule has 0 unspecified atom stereocenters. The van der Waals surface area contributed by atoms with Crippen LogP contribution in [0.5, 0.6) is 5.75 Å². The summed E-state index contributed by atoms with van der Waals surface area (Å²) < 4.78 is 16.4. The van der Waals surface area contributed by atoms with E-state index in [1.807, 2.05) is 0 Å². The predicted molar refractivity (Wildman–Crippen MR) is 85.8 cm³/mol. The zero-order valence-electron chi connectivity index (χ0n) is 11.9. The number of rotatable bonds is 5. The first-order valence-corrected chi connectivity index (χ1v) is 7.68. The molecule has 1 N–H and O–H groups in total. The summed E-state index contributed by atoms with van der Waals surface area (Å²) in [6.07, 6.45) is 0. The van der Waals surface area contributed by atoms with Gasteiger partial charge in [0.2, 0.25) is 11.7 Å². The topological polar surface area (TPSA) is 77.8 Å². The Hall–Kier alpha value is -1.73. The highest BCUT2D eigenvalue weighted by molar-refractivity contribution is 9.10. The van der Waals surface area contributed by atoms with Gasteiger partial charge in [0.05, 0.1) is 19.1 Å². The molecule has 0 radical (unpaired) electrons. The molecule has 2 rings (SSSR count). The summed E-state index contributed by atoms with van der Waals surface area (Å²) in [5.41, 5.74) is 0.523. The van der Waals surface area contributed by atoms with Crippen LogP contribution in [-0.2, 0) is 9.53 Å². The minimum Gasteiger partial charge on any atom is -0.493 e. The fourth-order valence-electron chi connectivity index (χ4n) is 1.93. The first-order valence-electron chi connectivity index (χ1n) is 6.35. The molecular weight excluding hydrogens is 378 g/mol. The van der Waals surface area contributed by atoms with Crippen molar-refractivity contribution in [3.8, 4) is 5.75 Å². The van der Waals surface area contributed by atoms with Crippen molar-refractivity contribution in [1.82, 2.24) is 0 Å². The molecule has 22 heavy (non-hydrogen) atoms. The smallest absolute Gasteiger partial charge is 0.376 e. The third kappa shape index (κ3) is 3.05. The number of hydrogen-bond donors (Lipinski definition) is 1. The van der Waals surface area contributed by atoms with Crippen molar-refractivity contribution in [3.63, 3.8) is 0 Å². The maximum Gasteiger partial charge on any atom is 0.376 e. The Morgan fingerprint density at radius 1 is 1.41 bits per heavy atom. The van der Waals surface area contributed by atoms with Gasteiger partial charge in [0, 0.05) is 4.47 Å². The Labute approximate surface area is 139 Å². The van der Waals surface area contributed by atoms with Crippen molar-refractivity contribution in [2.75, 3.05) is 24.9 Å². The van der Waals surface area contributed by atoms with Crippen LogP contribution in [0, 0.1) is 0 Å². The highest BCUT2D eigenvalue weighted by atomic mass is 79.9. The summed E-state index contributed by atoms with van der Waals surface area (Å²) in [5.74, 6) is -1.09. The van der Waals surface area contributed by atoms with E-state index in [0.29, 0.717) is 21.2 Å². The molecule has 0 aliphatic carbocycles. The van der Waals surface area contributed by atoms with Crippen LogP contribution in [0.4, 0.5) is 5.69 Å². The number of fused-ring (bicyclic) bond motifs is 1. The first-order chi connectivity index (χ1) is 10.5. The molecule has 1 heterocycles. The van der Waals surface area contributed by atoms with E-state index in [-0.39, 0.29) is 23.9 Å². The number of hydrogen-bond acceptors (Lipinski definition) is 5. The van der Waals surface area contributed by atoms with Gasteiger partial charge in [-0.3, -0.25) is 4.79 Å². The molecule has 0 fully saturated rings. The average Bonchev–Trinajstić information content (AvgIpc) is 2.88. The second kappa shape index (κ2) is 7.02. The second-order valence-electron chi connectivity index (χ2n) is 4.16. The van der Waals surface area contributed by atoms with Crippen LogP contribution in [0.2, 0.25) is 0 Å². The lowest BCUT2D eigenvalue weighted by Crippen LogP contribution is -2.15. The van der Waals surface area contributed by atoms with E-state index in [2.05, 4.69) is 21.2 Å². The van der Waals surface area contributed by atoms with Crippen LogP contribution in [0.3, 0.4) is 0 Å². The fraction of sp³-hybridized carbons (Fsp3) is 0.286. The molecule has 1 amide bonds. The fourth-order valence-corrected chi connectivity index (χ4v) is 2.51. The lowest BCUT2D eigenvalue weighted by atomic mass is 10.2. The minimum atomic E-state index is -0.683. The molecule has 2 aromatic rings. The predicted octanol–water partition coefficient (Wildman–Crippen LogP) is 3.56. The number of carbonyl (C=O) groups excluding carboxylic acids is 2. The summed E-state index contributed by atoms with van der Waals surface area (Å²) in [4.78, 5) is 23.7. The van der Waals surface area contributed by atoms with Crippen molar-refractivity contribution in [3.05, 3.63) is 22.4 Å². The minimum absolute atomic E-state index is 0.111. The summed E-state index contributed by atoms with van der Waals surface area (Å²) >= 11 is 8.89. The molecule has 0 saturated heterocycles. The Bertz CT molecular complexity index is 728. The van der Waals surface area contributed by atoms with Gasteiger partial charge in [0.1, 0.15) is 11.6 Å². The van der Waals surface area contributed by atoms with Crippen LogP contribution < -0.4 is 10.1 Å². The monoisotopic (exact) mass is 389 g/mol. The lowest BCUT2D eigenvalue weighted by Gasteiger charge is -2.05. The second-order valence-corrected chi connectivity index (χ2v) is 5.28. The van der Waals surface area contributed by atoms with Gasteiger partial charge in [-0.15, -0.1) is 11.6 Å². The Kier molecular flexibility index (Phi) is 5.31. The molecule has 0 saturated carbocycles. The van der Waals surface area contributed by atoms with Gasteiger partial charge in [-0.1, -0.05) is 0 Å². The summed E-state index contributed by atoms with van der Waals surface area (Å²) in [6.45, 7) is 1.85. The van der Waals surface area contributed by atoms with Crippen molar-refractivity contribution in [1.29, 1.82) is 0 Å². The van der Waals surface area contributed by atoms with E-state index in [0.717, 1.165) is 0 Å². The molecule has 1 aromatic carbocycles. The standard InChI is InChI=1S/C14H13BrClNO5/c1-3-21-14(19)13-11(17-9(18)6-16)10-7(15)4-5-8(20-2)12(10)22-13/h4-5H,3,6H2,1-2H3,(H,17,18). The largest absolute Gasteiger partial charge is 0.493 e. The van der Waals surface area contributed by atoms with Gasteiger partial charge in [0.25, 0.3) is 0 Å². The number of furan rings is 1. The molecule has 1 aromatic heterocycles. The van der Waals surface area contributed by atoms with Crippen LogP contribution in [0.25, 0.3) is 11.0 Å². The number of halogens is 2. The molecule has 0 spiro atoms. The molecule has 0 bridgehead atoms. The highest BCUT2D eigenvalue weighted by Crippen LogP contribution is 2.41. The number of benzene rings is 1. The lowest BCUT2D eigenvalue weighted by molar-refractivity contribution is -0.113. The number of ether oxygens (including phenoxy) is 2. The van der Waals surface area contributed by atoms with Gasteiger partial charge in [0.15, 0.2) is 11.3 Å². The van der Waals surface area contributed by atoms with Gasteiger partial charge < -0.3 is 19.2 Å². The Balaban J connectivity index is 2.71. The number of amides is 1. The quantitative estimate of drug-likeness (QED) is 0.624. The van der Waals surface area contributed by atoms with E-state index in [9.17, 15) is 9.59 Å². The zero-order valence-corrected chi connectivity index (χ0v) is 14.2. The van der Waals surface area contributed by atoms with E-state index >= 15 is 0 Å². The summed E-state index contributed by atoms with van der Waals surface area (Å²) in [6, 6.07) is 3.40. The van der Waals surface area contributed by atoms with Crippen LogP contribution in [0.15, 0.2) is 21.0 Å². The SMILES string of the molecule is CCOC(=O)c1oc2c(OC)ccc(Br)c2c1NC(=O)CCl. The summed E-state index contributed by atoms with van der Waals surface area (Å²) in [5, 5.41) is 3.06. The number of methoxy groups -OCH3 is 1. The molecule has 8 heteroatoms. The van der Waals surface area contributed by atoms with Gasteiger partial charge in [-0.25, -0.2) is 4.79 Å². The van der Waals surface area contributed by atoms with E-state index < -0.39 is 11.9 Å². The van der Waals surface area contributed by atoms with Crippen molar-refractivity contribution in [2.45, 2.75) is 6.92 Å². The molecule has 0 atom stereocenters. The Morgan fingerprint density at radius 3 is 2.73 bits per heavy atom. The van der Waals surface area contributed by atoms with Crippen molar-refractivity contribution < 1.29 is 23.5 Å². The molecule has 6 nitrogen and oxygen atoms in total. The molecule has 0 aliphatic rings. The van der Waals surface area contributed by atoms with E-state index in [4.69, 9.17) is 25.5 Å². The van der Waals surface area contributed by atoms with E-state index in [1.165, 1.54) is 7.11 Å². The maximum atomic E-state index is 12.1. The first kappa shape index (κ1) is 16.6. The maximum absolute atomic E-state index is 12.1. The van der Waals surface area contributed by atoms with Crippen molar-refractivity contribution in [2.24, 2.45) is 0 Å². The number of alkyl halides is 1. The number of nitrogens with one attached hydrogen (secondary N) is 1. The average molecular weight is 391 g/mol. The number of esters is 1. The molecule has 0 aliphatic heterocycles. The number of carbonyl (C=O) groups is 2. The van der Waals surface area contributed by atoms with E-state index in [1.54, 1.807) is 19.1 Å². The van der Waals surface area contributed by atoms with Crippen molar-refractivity contribution >= 4 is 56.1 Å². The normalized spacial score (nSPS) is 10.5. The molecular formula is C14H13BrClNO5. The van der Waals surface area contributed by atoms with Gasteiger partial charge >= 0.3 is 5.97 Å². The van der Waals surface area contributed by atoms with Crippen LogP contribution in [-0.4, -0.2) is 31.5 Å². The van der Waals surface area contributed by atoms with Gasteiger partial charge in [-0.2, -0.15) is 0 Å². The summed E-state index contributed by atoms with van der Waals surface area (Å²) in [7, 11) is 1.48. The third-order valence-corrected chi connectivity index (χ3v) is 3.72. The third-order valence-electron chi connectivity index (χ3n) is 2.82. The highest BCUT2D eigenvalue weighted by Gasteiger charge is 2.26. The molecule has 118 valence electrons. The van der Waals surface area contributed by atoms with Crippen LogP contribution in [0.1, 0.15) is 17.5 Å². The van der Waals surface area contributed by atoms with Crippen LogP contribution >= 0.6 is 27.5 Å².